The molecule has 25 heavy (non-hydrogen) atoms. The first-order chi connectivity index (χ1) is 12.0. The second kappa shape index (κ2) is 8.92. The fourth-order valence-corrected chi connectivity index (χ4v) is 2.35. The van der Waals surface area contributed by atoms with E-state index in [4.69, 9.17) is 0 Å². The van der Waals surface area contributed by atoms with E-state index < -0.39 is 17.5 Å². The van der Waals surface area contributed by atoms with Gasteiger partial charge in [-0.25, -0.2) is 8.78 Å². The SMILES string of the molecule is CN(Cc1ccccc1)C(=O)CCCNC(=O)c1ccc(F)cc1F. The van der Waals surface area contributed by atoms with Crippen LogP contribution in [-0.2, 0) is 11.3 Å². The van der Waals surface area contributed by atoms with Crippen LogP contribution in [0.5, 0.6) is 0 Å². The number of carbonyl (C=O) groups excluding carboxylic acids is 2. The van der Waals surface area contributed by atoms with Crippen molar-refractivity contribution in [3.8, 4) is 0 Å². The van der Waals surface area contributed by atoms with Gasteiger partial charge in [0.25, 0.3) is 5.91 Å². The summed E-state index contributed by atoms with van der Waals surface area (Å²) in [6.45, 7) is 0.757. The number of nitrogens with one attached hydrogen (secondary N) is 1. The van der Waals surface area contributed by atoms with Gasteiger partial charge in [-0.2, -0.15) is 0 Å². The highest BCUT2D eigenvalue weighted by molar-refractivity contribution is 5.94. The zero-order valence-electron chi connectivity index (χ0n) is 14.0. The Morgan fingerprint density at radius 1 is 1.08 bits per heavy atom. The van der Waals surface area contributed by atoms with Crippen molar-refractivity contribution >= 4 is 11.8 Å². The van der Waals surface area contributed by atoms with Crippen molar-refractivity contribution in [1.82, 2.24) is 10.2 Å². The van der Waals surface area contributed by atoms with Crippen molar-refractivity contribution in [3.05, 3.63) is 71.3 Å². The van der Waals surface area contributed by atoms with E-state index in [2.05, 4.69) is 5.32 Å². The zero-order valence-corrected chi connectivity index (χ0v) is 14.0. The minimum absolute atomic E-state index is 0.0361. The molecule has 0 aliphatic carbocycles. The van der Waals surface area contributed by atoms with E-state index in [1.54, 1.807) is 11.9 Å². The zero-order chi connectivity index (χ0) is 18.2. The summed E-state index contributed by atoms with van der Waals surface area (Å²) in [6.07, 6.45) is 0.710. The maximum atomic E-state index is 13.5. The van der Waals surface area contributed by atoms with Gasteiger partial charge in [-0.3, -0.25) is 9.59 Å². The first kappa shape index (κ1) is 18.6. The molecule has 0 spiro atoms. The molecule has 6 heteroatoms. The Bertz CT molecular complexity index is 735. The predicted octanol–water partition coefficient (Wildman–Crippen LogP) is 3.13. The highest BCUT2D eigenvalue weighted by Gasteiger charge is 2.13. The molecule has 0 saturated heterocycles. The summed E-state index contributed by atoms with van der Waals surface area (Å²) < 4.78 is 26.3. The molecule has 0 heterocycles. The molecule has 132 valence electrons. The van der Waals surface area contributed by atoms with Gasteiger partial charge in [0, 0.05) is 32.6 Å². The lowest BCUT2D eigenvalue weighted by Crippen LogP contribution is -2.29. The third kappa shape index (κ3) is 5.67. The molecule has 2 aromatic rings. The fourth-order valence-electron chi connectivity index (χ4n) is 2.35. The summed E-state index contributed by atoms with van der Waals surface area (Å²) in [5.41, 5.74) is 0.826. The Labute approximate surface area is 145 Å². The third-order valence-corrected chi connectivity index (χ3v) is 3.72. The van der Waals surface area contributed by atoms with E-state index in [1.807, 2.05) is 30.3 Å². The first-order valence-electron chi connectivity index (χ1n) is 7.98. The van der Waals surface area contributed by atoms with Crippen LogP contribution in [0.3, 0.4) is 0 Å². The van der Waals surface area contributed by atoms with Gasteiger partial charge in [-0.15, -0.1) is 0 Å². The second-order valence-corrected chi connectivity index (χ2v) is 5.72. The van der Waals surface area contributed by atoms with Crippen LogP contribution in [0.25, 0.3) is 0 Å². The Hall–Kier alpha value is -2.76. The Balaban J connectivity index is 1.73. The number of benzene rings is 2. The molecule has 0 aromatic heterocycles. The smallest absolute Gasteiger partial charge is 0.254 e. The van der Waals surface area contributed by atoms with E-state index in [0.717, 1.165) is 17.7 Å². The predicted molar refractivity (Wildman–Crippen MR) is 90.8 cm³/mol. The van der Waals surface area contributed by atoms with Crippen LogP contribution < -0.4 is 5.32 Å². The van der Waals surface area contributed by atoms with Gasteiger partial charge in [0.1, 0.15) is 11.6 Å². The van der Waals surface area contributed by atoms with E-state index in [-0.39, 0.29) is 24.4 Å². The van der Waals surface area contributed by atoms with Crippen LogP contribution >= 0.6 is 0 Å². The molecule has 0 radical (unpaired) electrons. The highest BCUT2D eigenvalue weighted by Crippen LogP contribution is 2.09. The third-order valence-electron chi connectivity index (χ3n) is 3.72. The van der Waals surface area contributed by atoms with E-state index in [9.17, 15) is 18.4 Å². The molecule has 0 aliphatic heterocycles. The average Bonchev–Trinajstić information content (AvgIpc) is 2.59. The molecule has 2 amide bonds. The number of rotatable bonds is 7. The lowest BCUT2D eigenvalue weighted by atomic mass is 10.2. The van der Waals surface area contributed by atoms with Crippen LogP contribution in [0.15, 0.2) is 48.5 Å². The summed E-state index contributed by atoms with van der Waals surface area (Å²) in [7, 11) is 1.72. The van der Waals surface area contributed by atoms with Gasteiger partial charge in [-0.1, -0.05) is 30.3 Å². The van der Waals surface area contributed by atoms with Crippen LogP contribution in [0.2, 0.25) is 0 Å². The van der Waals surface area contributed by atoms with Gasteiger partial charge < -0.3 is 10.2 Å². The molecule has 0 unspecified atom stereocenters. The first-order valence-corrected chi connectivity index (χ1v) is 7.98. The Morgan fingerprint density at radius 2 is 1.80 bits per heavy atom. The van der Waals surface area contributed by atoms with Crippen LogP contribution in [-0.4, -0.2) is 30.3 Å². The van der Waals surface area contributed by atoms with E-state index >= 15 is 0 Å². The molecule has 2 aromatic carbocycles. The van der Waals surface area contributed by atoms with Crippen molar-refractivity contribution < 1.29 is 18.4 Å². The van der Waals surface area contributed by atoms with Crippen molar-refractivity contribution in [3.63, 3.8) is 0 Å². The minimum Gasteiger partial charge on any atom is -0.352 e. The maximum Gasteiger partial charge on any atom is 0.254 e. The lowest BCUT2D eigenvalue weighted by molar-refractivity contribution is -0.130. The van der Waals surface area contributed by atoms with Crippen molar-refractivity contribution in [2.24, 2.45) is 0 Å². The molecule has 4 nitrogen and oxygen atoms in total. The molecular weight excluding hydrogens is 326 g/mol. The molecule has 2 rings (SSSR count). The standard InChI is InChI=1S/C19H20F2N2O2/c1-23(13-14-6-3-2-4-7-14)18(24)8-5-11-22-19(25)16-10-9-15(20)12-17(16)21/h2-4,6-7,9-10,12H,5,8,11,13H2,1H3,(H,22,25). The quantitative estimate of drug-likeness (QED) is 0.783. The van der Waals surface area contributed by atoms with Crippen molar-refractivity contribution in [2.45, 2.75) is 19.4 Å². The summed E-state index contributed by atoms with van der Waals surface area (Å²) in [5, 5.41) is 2.53. The summed E-state index contributed by atoms with van der Waals surface area (Å²) in [6, 6.07) is 12.4. The highest BCUT2D eigenvalue weighted by atomic mass is 19.1. The van der Waals surface area contributed by atoms with E-state index in [0.29, 0.717) is 19.0 Å². The van der Waals surface area contributed by atoms with Gasteiger partial charge >= 0.3 is 0 Å². The molecular formula is C19H20F2N2O2. The molecule has 0 aliphatic rings. The van der Waals surface area contributed by atoms with Crippen LogP contribution in [0, 0.1) is 11.6 Å². The second-order valence-electron chi connectivity index (χ2n) is 5.72. The monoisotopic (exact) mass is 346 g/mol. The topological polar surface area (TPSA) is 49.4 Å². The van der Waals surface area contributed by atoms with Crippen LogP contribution in [0.4, 0.5) is 8.78 Å². The van der Waals surface area contributed by atoms with Crippen molar-refractivity contribution in [2.75, 3.05) is 13.6 Å². The van der Waals surface area contributed by atoms with Crippen molar-refractivity contribution in [1.29, 1.82) is 0 Å². The normalized spacial score (nSPS) is 10.4. The van der Waals surface area contributed by atoms with Gasteiger partial charge in [-0.05, 0) is 24.1 Å². The summed E-state index contributed by atoms with van der Waals surface area (Å²) in [5.74, 6) is -2.30. The Kier molecular flexibility index (Phi) is 6.62. The number of hydrogen-bond acceptors (Lipinski definition) is 2. The molecule has 0 fully saturated rings. The van der Waals surface area contributed by atoms with E-state index in [1.165, 1.54) is 0 Å². The molecule has 1 N–H and O–H groups in total. The van der Waals surface area contributed by atoms with Gasteiger partial charge in [0.2, 0.25) is 5.91 Å². The Morgan fingerprint density at radius 3 is 2.48 bits per heavy atom. The number of nitrogens with zero attached hydrogens (tertiary/aromatic N) is 1. The maximum absolute atomic E-state index is 13.5. The summed E-state index contributed by atoms with van der Waals surface area (Å²) in [4.78, 5) is 25.5. The van der Waals surface area contributed by atoms with Gasteiger partial charge in [0.05, 0.1) is 5.56 Å². The lowest BCUT2D eigenvalue weighted by Gasteiger charge is -2.17. The molecule has 0 bridgehead atoms. The largest absolute Gasteiger partial charge is 0.352 e. The molecule has 0 saturated carbocycles. The number of halogens is 2. The number of amides is 2. The fraction of sp³-hybridized carbons (Fsp3) is 0.263. The number of carbonyl (C=O) groups is 2. The average molecular weight is 346 g/mol. The number of hydrogen-bond donors (Lipinski definition) is 1. The van der Waals surface area contributed by atoms with Gasteiger partial charge in [0.15, 0.2) is 0 Å². The molecule has 0 atom stereocenters. The minimum atomic E-state index is -0.906. The van der Waals surface area contributed by atoms with Crippen LogP contribution in [0.1, 0.15) is 28.8 Å². The summed E-state index contributed by atoms with van der Waals surface area (Å²) >= 11 is 0.